The quantitative estimate of drug-likeness (QED) is 0.157. The van der Waals surface area contributed by atoms with E-state index in [1.165, 1.54) is 12.7 Å². The molecule has 2 N–H and O–H groups in total. The molecule has 0 aliphatic carbocycles. The molecule has 9 heteroatoms. The van der Waals surface area contributed by atoms with Gasteiger partial charge in [-0.05, 0) is 37.0 Å². The molecule has 1 fully saturated rings. The van der Waals surface area contributed by atoms with Crippen LogP contribution in [0, 0.1) is 0 Å². The topological polar surface area (TPSA) is 84.4 Å². The first kappa shape index (κ1) is 26.3. The Hall–Kier alpha value is -1.75. The second-order valence-corrected chi connectivity index (χ2v) is 7.12. The van der Waals surface area contributed by atoms with Gasteiger partial charge in [0.15, 0.2) is 5.96 Å². The van der Waals surface area contributed by atoms with E-state index in [0.29, 0.717) is 12.5 Å². The number of benzene rings is 1. The Balaban J connectivity index is 0.00000450. The number of carbonyl (C=O) groups is 1. The van der Waals surface area contributed by atoms with Gasteiger partial charge in [0, 0.05) is 51.8 Å². The third kappa shape index (κ3) is 8.95. The Kier molecular flexibility index (Phi) is 12.5. The van der Waals surface area contributed by atoms with Gasteiger partial charge in [-0.2, -0.15) is 0 Å². The summed E-state index contributed by atoms with van der Waals surface area (Å²) in [7, 11) is 6.53. The minimum Gasteiger partial charge on any atom is -0.497 e. The van der Waals surface area contributed by atoms with E-state index in [1.54, 1.807) is 21.3 Å². The van der Waals surface area contributed by atoms with Crippen LogP contribution in [-0.4, -0.2) is 70.9 Å². The summed E-state index contributed by atoms with van der Waals surface area (Å²) < 4.78 is 15.4. The van der Waals surface area contributed by atoms with Crippen LogP contribution in [0.4, 0.5) is 0 Å². The predicted molar refractivity (Wildman–Crippen MR) is 129 cm³/mol. The molecule has 1 unspecified atom stereocenters. The number of nitrogens with zero attached hydrogens (tertiary/aromatic N) is 2. The normalized spacial score (nSPS) is 16.5. The van der Waals surface area contributed by atoms with Crippen molar-refractivity contribution in [1.29, 1.82) is 0 Å². The largest absolute Gasteiger partial charge is 0.497 e. The summed E-state index contributed by atoms with van der Waals surface area (Å²) in [5.41, 5.74) is 1.18. The van der Waals surface area contributed by atoms with Gasteiger partial charge in [0.05, 0.1) is 21.3 Å². The highest BCUT2D eigenvalue weighted by Crippen LogP contribution is 2.24. The van der Waals surface area contributed by atoms with Gasteiger partial charge in [-0.1, -0.05) is 0 Å². The fourth-order valence-electron chi connectivity index (χ4n) is 3.40. The van der Waals surface area contributed by atoms with Gasteiger partial charge < -0.3 is 24.8 Å². The molecular formula is C21H35IN4O4. The summed E-state index contributed by atoms with van der Waals surface area (Å²) in [5.74, 6) is 2.26. The van der Waals surface area contributed by atoms with Crippen molar-refractivity contribution in [3.63, 3.8) is 0 Å². The maximum absolute atomic E-state index is 11.1. The lowest BCUT2D eigenvalue weighted by Gasteiger charge is -2.19. The fourth-order valence-corrected chi connectivity index (χ4v) is 3.40. The number of hydrogen-bond donors (Lipinski definition) is 2. The highest BCUT2D eigenvalue weighted by atomic mass is 127. The second kappa shape index (κ2) is 14.3. The fraction of sp³-hybridized carbons (Fsp3) is 0.619. The number of unbranched alkanes of at least 4 members (excludes halogenated alkanes) is 1. The lowest BCUT2D eigenvalue weighted by atomic mass is 10.2. The van der Waals surface area contributed by atoms with Crippen LogP contribution in [0.1, 0.15) is 31.2 Å². The van der Waals surface area contributed by atoms with Gasteiger partial charge in [0.2, 0.25) is 0 Å². The number of ether oxygens (including phenoxy) is 3. The molecule has 2 rings (SSSR count). The lowest BCUT2D eigenvalue weighted by molar-refractivity contribution is -0.140. The van der Waals surface area contributed by atoms with Crippen molar-refractivity contribution in [3.05, 3.63) is 23.8 Å². The number of esters is 1. The molecule has 0 amide bonds. The number of hydrogen-bond acceptors (Lipinski definition) is 6. The van der Waals surface area contributed by atoms with E-state index >= 15 is 0 Å². The van der Waals surface area contributed by atoms with Crippen LogP contribution in [0.2, 0.25) is 0 Å². The molecule has 1 aromatic carbocycles. The summed E-state index contributed by atoms with van der Waals surface area (Å²) in [6.45, 7) is 3.60. The van der Waals surface area contributed by atoms with Gasteiger partial charge in [0.1, 0.15) is 11.5 Å². The van der Waals surface area contributed by atoms with Gasteiger partial charge >= 0.3 is 5.97 Å². The summed E-state index contributed by atoms with van der Waals surface area (Å²) >= 11 is 0. The van der Waals surface area contributed by atoms with Crippen LogP contribution in [-0.2, 0) is 16.1 Å². The Morgan fingerprint density at radius 3 is 2.47 bits per heavy atom. The van der Waals surface area contributed by atoms with E-state index in [2.05, 4.69) is 37.4 Å². The molecule has 170 valence electrons. The first-order valence-electron chi connectivity index (χ1n) is 10.1. The summed E-state index contributed by atoms with van der Waals surface area (Å²) in [6, 6.07) is 6.35. The average Bonchev–Trinajstić information content (AvgIpc) is 3.18. The molecule has 1 saturated heterocycles. The molecule has 1 aromatic rings. The lowest BCUT2D eigenvalue weighted by Crippen LogP contribution is -2.44. The zero-order chi connectivity index (χ0) is 21.1. The number of methoxy groups -OCH3 is 3. The van der Waals surface area contributed by atoms with Gasteiger partial charge in [-0.25, -0.2) is 0 Å². The molecule has 0 saturated carbocycles. The van der Waals surface area contributed by atoms with E-state index in [-0.39, 0.29) is 29.9 Å². The van der Waals surface area contributed by atoms with Gasteiger partial charge in [-0.15, -0.1) is 24.0 Å². The minimum atomic E-state index is -0.160. The molecule has 1 heterocycles. The number of rotatable bonds is 10. The van der Waals surface area contributed by atoms with Crippen molar-refractivity contribution in [1.82, 2.24) is 15.5 Å². The number of likely N-dealkylation sites (tertiary alicyclic amines) is 1. The van der Waals surface area contributed by atoms with E-state index in [0.717, 1.165) is 62.9 Å². The van der Waals surface area contributed by atoms with Crippen molar-refractivity contribution >= 4 is 35.9 Å². The van der Waals surface area contributed by atoms with Crippen molar-refractivity contribution in [2.24, 2.45) is 4.99 Å². The minimum absolute atomic E-state index is 0. The number of carbonyl (C=O) groups excluding carboxylic acids is 1. The van der Waals surface area contributed by atoms with Crippen molar-refractivity contribution in [2.45, 2.75) is 38.3 Å². The predicted octanol–water partition coefficient (Wildman–Crippen LogP) is 2.40. The Morgan fingerprint density at radius 1 is 1.17 bits per heavy atom. The van der Waals surface area contributed by atoms with Crippen molar-refractivity contribution in [3.8, 4) is 11.5 Å². The molecule has 0 spiro atoms. The zero-order valence-corrected chi connectivity index (χ0v) is 20.7. The second-order valence-electron chi connectivity index (χ2n) is 7.12. The molecule has 0 aromatic heterocycles. The molecule has 8 nitrogen and oxygen atoms in total. The number of aliphatic imine (C=N–C) groups is 1. The smallest absolute Gasteiger partial charge is 0.305 e. The van der Waals surface area contributed by atoms with Crippen LogP contribution in [0.25, 0.3) is 0 Å². The molecule has 1 atom stereocenters. The number of guanidine groups is 1. The monoisotopic (exact) mass is 534 g/mol. The third-order valence-electron chi connectivity index (χ3n) is 4.98. The van der Waals surface area contributed by atoms with E-state index in [9.17, 15) is 4.79 Å². The molecular weight excluding hydrogens is 499 g/mol. The highest BCUT2D eigenvalue weighted by molar-refractivity contribution is 14.0. The summed E-state index contributed by atoms with van der Waals surface area (Å²) in [5, 5.41) is 6.81. The van der Waals surface area contributed by atoms with Crippen LogP contribution in [0.5, 0.6) is 11.5 Å². The number of halogens is 1. The Bertz CT molecular complexity index is 665. The zero-order valence-electron chi connectivity index (χ0n) is 18.4. The van der Waals surface area contributed by atoms with E-state index in [1.807, 2.05) is 6.07 Å². The number of nitrogens with one attached hydrogen (secondary N) is 2. The SMILES string of the molecule is CN=C(NCCCCC(=O)OC)NC1CCN(Cc2cc(OC)cc(OC)c2)C1.I. The third-order valence-corrected chi connectivity index (χ3v) is 4.98. The van der Waals surface area contributed by atoms with Gasteiger partial charge in [-0.3, -0.25) is 14.7 Å². The van der Waals surface area contributed by atoms with E-state index < -0.39 is 0 Å². The molecule has 0 bridgehead atoms. The Morgan fingerprint density at radius 2 is 1.87 bits per heavy atom. The van der Waals surface area contributed by atoms with Crippen molar-refractivity contribution < 1.29 is 19.0 Å². The van der Waals surface area contributed by atoms with Crippen molar-refractivity contribution in [2.75, 3.05) is 48.0 Å². The highest BCUT2D eigenvalue weighted by Gasteiger charge is 2.23. The summed E-state index contributed by atoms with van der Waals surface area (Å²) in [6.07, 6.45) is 3.21. The maximum Gasteiger partial charge on any atom is 0.305 e. The van der Waals surface area contributed by atoms with E-state index in [4.69, 9.17) is 9.47 Å². The standard InChI is InChI=1S/C21H34N4O4.HI/c1-22-21(23-9-6-5-7-20(26)29-4)24-17-8-10-25(15-17)14-16-11-18(27-2)13-19(12-16)28-3;/h11-13,17H,5-10,14-15H2,1-4H3,(H2,22,23,24);1H. The van der Waals surface area contributed by atoms with Crippen LogP contribution in [0.3, 0.4) is 0 Å². The maximum atomic E-state index is 11.1. The molecule has 1 aliphatic heterocycles. The molecule has 1 aliphatic rings. The molecule has 30 heavy (non-hydrogen) atoms. The van der Waals surface area contributed by atoms with Crippen LogP contribution >= 0.6 is 24.0 Å². The first-order chi connectivity index (χ1) is 14.1. The Labute approximate surface area is 196 Å². The average molecular weight is 534 g/mol. The summed E-state index contributed by atoms with van der Waals surface area (Å²) in [4.78, 5) is 17.8. The van der Waals surface area contributed by atoms with Crippen LogP contribution < -0.4 is 20.1 Å². The molecule has 0 radical (unpaired) electrons. The first-order valence-corrected chi connectivity index (χ1v) is 10.1. The van der Waals surface area contributed by atoms with Gasteiger partial charge in [0.25, 0.3) is 0 Å². The van der Waals surface area contributed by atoms with Crippen LogP contribution in [0.15, 0.2) is 23.2 Å².